The van der Waals surface area contributed by atoms with E-state index >= 15 is 0 Å². The summed E-state index contributed by atoms with van der Waals surface area (Å²) in [5.74, 6) is 0.690. The molecule has 26 heavy (non-hydrogen) atoms. The highest BCUT2D eigenvalue weighted by Crippen LogP contribution is 2.18. The number of nitrogens with zero attached hydrogens (tertiary/aromatic N) is 4. The highest BCUT2D eigenvalue weighted by molar-refractivity contribution is 5.90. The molecule has 8 nitrogen and oxygen atoms in total. The highest BCUT2D eigenvalue weighted by atomic mass is 16.5. The van der Waals surface area contributed by atoms with Gasteiger partial charge in [0.05, 0.1) is 26.8 Å². The van der Waals surface area contributed by atoms with Crippen LogP contribution in [0.5, 0.6) is 11.8 Å². The Bertz CT molecular complexity index is 711. The minimum atomic E-state index is -0.159. The molecule has 0 saturated carbocycles. The zero-order valence-electron chi connectivity index (χ0n) is 15.0. The minimum absolute atomic E-state index is 0.159. The fraction of sp³-hybridized carbons (Fsp3) is 0.389. The zero-order chi connectivity index (χ0) is 18.4. The number of rotatable bonds is 6. The van der Waals surface area contributed by atoms with Crippen LogP contribution in [0.25, 0.3) is 0 Å². The Morgan fingerprint density at radius 1 is 1.04 bits per heavy atom. The molecular formula is C18H23N5O3. The fourth-order valence-corrected chi connectivity index (χ4v) is 2.84. The van der Waals surface area contributed by atoms with Gasteiger partial charge in [-0.2, -0.15) is 9.97 Å². The summed E-state index contributed by atoms with van der Waals surface area (Å²) >= 11 is 0. The third-order valence-electron chi connectivity index (χ3n) is 4.21. The van der Waals surface area contributed by atoms with E-state index in [9.17, 15) is 4.79 Å². The van der Waals surface area contributed by atoms with Crippen LogP contribution < -0.4 is 19.7 Å². The number of para-hydroxylation sites is 1. The quantitative estimate of drug-likeness (QED) is 0.833. The smallest absolute Gasteiger partial charge is 0.240 e. The van der Waals surface area contributed by atoms with Gasteiger partial charge in [0.15, 0.2) is 0 Å². The lowest BCUT2D eigenvalue weighted by atomic mass is 10.2. The Balaban J connectivity index is 1.52. The van der Waals surface area contributed by atoms with Gasteiger partial charge in [0, 0.05) is 31.9 Å². The first-order chi connectivity index (χ1) is 12.7. The van der Waals surface area contributed by atoms with Crippen molar-refractivity contribution in [3.63, 3.8) is 0 Å². The molecule has 1 aliphatic heterocycles. The molecule has 0 unspecified atom stereocenters. The monoisotopic (exact) mass is 357 g/mol. The van der Waals surface area contributed by atoms with Gasteiger partial charge in [-0.1, -0.05) is 18.2 Å². The lowest BCUT2D eigenvalue weighted by molar-refractivity contribution is -0.117. The third-order valence-corrected chi connectivity index (χ3v) is 4.21. The molecule has 2 aromatic rings. The summed E-state index contributed by atoms with van der Waals surface area (Å²) in [4.78, 5) is 25.0. The molecule has 0 radical (unpaired) electrons. The van der Waals surface area contributed by atoms with Gasteiger partial charge >= 0.3 is 0 Å². The van der Waals surface area contributed by atoms with E-state index in [2.05, 4.69) is 37.2 Å². The van der Waals surface area contributed by atoms with Crippen LogP contribution >= 0.6 is 0 Å². The summed E-state index contributed by atoms with van der Waals surface area (Å²) in [5, 5.41) is 2.71. The van der Waals surface area contributed by atoms with E-state index in [1.54, 1.807) is 6.07 Å². The van der Waals surface area contributed by atoms with Crippen molar-refractivity contribution in [2.75, 3.05) is 57.2 Å². The van der Waals surface area contributed by atoms with Crippen molar-refractivity contribution in [2.45, 2.75) is 0 Å². The summed E-state index contributed by atoms with van der Waals surface area (Å²) < 4.78 is 10.2. The van der Waals surface area contributed by atoms with E-state index in [1.807, 2.05) is 18.2 Å². The molecule has 3 rings (SSSR count). The van der Waals surface area contributed by atoms with Gasteiger partial charge in [0.2, 0.25) is 23.6 Å². The number of ether oxygens (including phenoxy) is 2. The number of hydrogen-bond acceptors (Lipinski definition) is 7. The molecule has 1 N–H and O–H groups in total. The van der Waals surface area contributed by atoms with Crippen LogP contribution in [0, 0.1) is 0 Å². The van der Waals surface area contributed by atoms with Crippen molar-refractivity contribution in [1.82, 2.24) is 14.9 Å². The number of methoxy groups -OCH3 is 2. The predicted molar refractivity (Wildman–Crippen MR) is 98.9 cm³/mol. The molecule has 0 spiro atoms. The number of carbonyl (C=O) groups is 1. The second-order valence-electron chi connectivity index (χ2n) is 5.92. The maximum Gasteiger partial charge on any atom is 0.240 e. The Morgan fingerprint density at radius 3 is 2.23 bits per heavy atom. The van der Waals surface area contributed by atoms with Crippen molar-refractivity contribution in [1.29, 1.82) is 0 Å². The molecule has 1 fully saturated rings. The first-order valence-corrected chi connectivity index (χ1v) is 8.47. The van der Waals surface area contributed by atoms with E-state index in [-0.39, 0.29) is 11.9 Å². The topological polar surface area (TPSA) is 79.8 Å². The molecule has 0 atom stereocenters. The Hall–Kier alpha value is -2.87. The van der Waals surface area contributed by atoms with E-state index in [0.29, 0.717) is 18.3 Å². The number of carbonyl (C=O) groups excluding carboxylic acids is 1. The number of hydrogen-bond donors (Lipinski definition) is 1. The average Bonchev–Trinajstić information content (AvgIpc) is 2.68. The van der Waals surface area contributed by atoms with Gasteiger partial charge in [-0.3, -0.25) is 15.0 Å². The summed E-state index contributed by atoms with van der Waals surface area (Å²) in [6.07, 6.45) is 0. The third kappa shape index (κ3) is 4.60. The Kier molecular flexibility index (Phi) is 5.85. The van der Waals surface area contributed by atoms with Crippen molar-refractivity contribution >= 4 is 17.5 Å². The van der Waals surface area contributed by atoms with E-state index in [4.69, 9.17) is 9.47 Å². The zero-order valence-corrected chi connectivity index (χ0v) is 15.0. The summed E-state index contributed by atoms with van der Waals surface area (Å²) in [5.41, 5.74) is 1.22. The maximum absolute atomic E-state index is 12.3. The summed E-state index contributed by atoms with van der Waals surface area (Å²) in [6, 6.07) is 11.9. The molecule has 8 heteroatoms. The normalized spacial score (nSPS) is 14.8. The van der Waals surface area contributed by atoms with Gasteiger partial charge in [0.1, 0.15) is 0 Å². The maximum atomic E-state index is 12.3. The van der Waals surface area contributed by atoms with Crippen molar-refractivity contribution in [3.05, 3.63) is 36.4 Å². The van der Waals surface area contributed by atoms with E-state index in [0.717, 1.165) is 26.2 Å². The number of amides is 1. The SMILES string of the molecule is COc1cc(OC)nc(NC(=O)CN2CCN(c3ccccc3)CC2)n1. The van der Waals surface area contributed by atoms with Gasteiger partial charge in [-0.15, -0.1) is 0 Å². The Morgan fingerprint density at radius 2 is 1.65 bits per heavy atom. The van der Waals surface area contributed by atoms with Crippen LogP contribution in [0.15, 0.2) is 36.4 Å². The van der Waals surface area contributed by atoms with Gasteiger partial charge < -0.3 is 14.4 Å². The van der Waals surface area contributed by atoms with Crippen LogP contribution in [0.2, 0.25) is 0 Å². The molecule has 2 heterocycles. The van der Waals surface area contributed by atoms with Crippen molar-refractivity contribution < 1.29 is 14.3 Å². The molecule has 1 aromatic carbocycles. The second kappa shape index (κ2) is 8.48. The second-order valence-corrected chi connectivity index (χ2v) is 5.92. The molecule has 138 valence electrons. The fourth-order valence-electron chi connectivity index (χ4n) is 2.84. The summed E-state index contributed by atoms with van der Waals surface area (Å²) in [6.45, 7) is 3.72. The molecule has 0 aliphatic carbocycles. The van der Waals surface area contributed by atoms with Crippen LogP contribution in [0.3, 0.4) is 0 Å². The Labute approximate surface area is 152 Å². The van der Waals surface area contributed by atoms with E-state index < -0.39 is 0 Å². The number of benzene rings is 1. The van der Waals surface area contributed by atoms with Crippen LogP contribution in [-0.2, 0) is 4.79 Å². The predicted octanol–water partition coefficient (Wildman–Crippen LogP) is 1.25. The van der Waals surface area contributed by atoms with Crippen molar-refractivity contribution in [2.24, 2.45) is 0 Å². The standard InChI is InChI=1S/C18H23N5O3/c1-25-16-12-17(26-2)21-18(20-16)19-15(24)13-22-8-10-23(11-9-22)14-6-4-3-5-7-14/h3-7,12H,8-11,13H2,1-2H3,(H,19,20,21,24). The van der Waals surface area contributed by atoms with Gasteiger partial charge in [-0.25, -0.2) is 0 Å². The number of aromatic nitrogens is 2. The largest absolute Gasteiger partial charge is 0.481 e. The lowest BCUT2D eigenvalue weighted by Crippen LogP contribution is -2.48. The van der Waals surface area contributed by atoms with Crippen LogP contribution in [0.4, 0.5) is 11.6 Å². The molecule has 1 amide bonds. The molecular weight excluding hydrogens is 334 g/mol. The van der Waals surface area contributed by atoms with Crippen LogP contribution in [0.1, 0.15) is 0 Å². The number of piperazine rings is 1. The van der Waals surface area contributed by atoms with Gasteiger partial charge in [0.25, 0.3) is 0 Å². The molecule has 1 aromatic heterocycles. The first kappa shape index (κ1) is 17.9. The van der Waals surface area contributed by atoms with Crippen molar-refractivity contribution in [3.8, 4) is 11.8 Å². The summed E-state index contributed by atoms with van der Waals surface area (Å²) in [7, 11) is 3.00. The highest BCUT2D eigenvalue weighted by Gasteiger charge is 2.19. The van der Waals surface area contributed by atoms with E-state index in [1.165, 1.54) is 19.9 Å². The van der Waals surface area contributed by atoms with Gasteiger partial charge in [-0.05, 0) is 12.1 Å². The first-order valence-electron chi connectivity index (χ1n) is 8.47. The minimum Gasteiger partial charge on any atom is -0.481 e. The number of nitrogens with one attached hydrogen (secondary N) is 1. The average molecular weight is 357 g/mol. The van der Waals surface area contributed by atoms with Crippen LogP contribution in [-0.4, -0.2) is 67.7 Å². The lowest BCUT2D eigenvalue weighted by Gasteiger charge is -2.35. The molecule has 0 bridgehead atoms. The molecule has 1 saturated heterocycles. The molecule has 1 aliphatic rings. The number of anilines is 2.